The van der Waals surface area contributed by atoms with Crippen molar-refractivity contribution < 1.29 is 0 Å². The van der Waals surface area contributed by atoms with E-state index in [4.69, 9.17) is 4.98 Å². The second-order valence-corrected chi connectivity index (χ2v) is 8.03. The summed E-state index contributed by atoms with van der Waals surface area (Å²) in [6.07, 6.45) is 6.36. The third-order valence-electron chi connectivity index (χ3n) is 6.08. The molecule has 6 heteroatoms. The second kappa shape index (κ2) is 7.87. The monoisotopic (exact) mass is 388 g/mol. The van der Waals surface area contributed by atoms with E-state index in [0.29, 0.717) is 0 Å². The first-order valence-electron chi connectivity index (χ1n) is 10.6. The second-order valence-electron chi connectivity index (χ2n) is 8.03. The van der Waals surface area contributed by atoms with Crippen LogP contribution < -0.4 is 9.80 Å². The van der Waals surface area contributed by atoms with Crippen LogP contribution in [0.2, 0.25) is 0 Å². The van der Waals surface area contributed by atoms with Crippen molar-refractivity contribution in [2.45, 2.75) is 12.8 Å². The summed E-state index contributed by atoms with van der Waals surface area (Å²) in [5.74, 6) is 1.08. The van der Waals surface area contributed by atoms with Gasteiger partial charge in [0.15, 0.2) is 0 Å². The molecule has 0 unspecified atom stereocenters. The Bertz CT molecular complexity index is 932. The van der Waals surface area contributed by atoms with E-state index in [-0.39, 0.29) is 0 Å². The van der Waals surface area contributed by atoms with Crippen LogP contribution in [-0.4, -0.2) is 66.0 Å². The van der Waals surface area contributed by atoms with Crippen LogP contribution in [0.3, 0.4) is 0 Å². The van der Waals surface area contributed by atoms with Gasteiger partial charge in [-0.1, -0.05) is 0 Å². The highest BCUT2D eigenvalue weighted by molar-refractivity contribution is 5.63. The lowest BCUT2D eigenvalue weighted by Gasteiger charge is -2.34. The number of anilines is 2. The molecule has 2 saturated heterocycles. The third-order valence-corrected chi connectivity index (χ3v) is 6.08. The van der Waals surface area contributed by atoms with Crippen LogP contribution in [0.1, 0.15) is 12.8 Å². The topological polar surface area (TPSA) is 40.4 Å². The fourth-order valence-corrected chi connectivity index (χ4v) is 4.27. The minimum atomic E-state index is 1.07. The summed E-state index contributed by atoms with van der Waals surface area (Å²) >= 11 is 0. The smallest absolute Gasteiger partial charge is 0.128 e. The number of nitrogens with zero attached hydrogens (tertiary/aromatic N) is 6. The van der Waals surface area contributed by atoms with E-state index in [1.165, 1.54) is 18.5 Å². The maximum absolute atomic E-state index is 4.71. The lowest BCUT2D eigenvalue weighted by molar-refractivity contribution is 0.313. The fraction of sp³-hybridized carbons (Fsp3) is 0.391. The maximum Gasteiger partial charge on any atom is 0.128 e. The Morgan fingerprint density at radius 2 is 1.45 bits per heavy atom. The summed E-state index contributed by atoms with van der Waals surface area (Å²) in [6.45, 7) is 6.63. The first-order chi connectivity index (χ1) is 14.3. The molecule has 6 nitrogen and oxygen atoms in total. The number of piperazine rings is 1. The number of likely N-dealkylation sites (N-methyl/N-ethyl adjacent to an activating group) is 1. The molecule has 2 aliphatic heterocycles. The van der Waals surface area contributed by atoms with E-state index in [2.05, 4.69) is 69.3 Å². The molecular formula is C23H28N6. The molecular weight excluding hydrogens is 360 g/mol. The van der Waals surface area contributed by atoms with Crippen LogP contribution >= 0.6 is 0 Å². The molecule has 2 aliphatic rings. The molecule has 4 heterocycles. The van der Waals surface area contributed by atoms with Gasteiger partial charge in [0.25, 0.3) is 0 Å². The molecule has 150 valence electrons. The van der Waals surface area contributed by atoms with Crippen LogP contribution in [0.5, 0.6) is 0 Å². The van der Waals surface area contributed by atoms with Crippen LogP contribution in [-0.2, 0) is 0 Å². The molecule has 0 spiro atoms. The van der Waals surface area contributed by atoms with Crippen molar-refractivity contribution in [1.29, 1.82) is 0 Å². The van der Waals surface area contributed by atoms with E-state index in [1.54, 1.807) is 0 Å². The van der Waals surface area contributed by atoms with E-state index >= 15 is 0 Å². The lowest BCUT2D eigenvalue weighted by atomic mass is 10.2. The van der Waals surface area contributed by atoms with Gasteiger partial charge in [0, 0.05) is 56.7 Å². The number of aromatic nitrogens is 3. The number of pyridine rings is 1. The summed E-state index contributed by atoms with van der Waals surface area (Å²) in [6, 6.07) is 15.1. The summed E-state index contributed by atoms with van der Waals surface area (Å²) in [5.41, 5.74) is 4.52. The summed E-state index contributed by atoms with van der Waals surface area (Å²) in [7, 11) is 2.19. The van der Waals surface area contributed by atoms with Gasteiger partial charge >= 0.3 is 0 Å². The summed E-state index contributed by atoms with van der Waals surface area (Å²) in [5, 5.41) is 4.57. The molecule has 0 saturated carbocycles. The highest BCUT2D eigenvalue weighted by Gasteiger charge is 2.16. The summed E-state index contributed by atoms with van der Waals surface area (Å²) in [4.78, 5) is 11.9. The molecule has 1 aromatic carbocycles. The molecule has 5 rings (SSSR count). The van der Waals surface area contributed by atoms with Crippen molar-refractivity contribution in [2.24, 2.45) is 0 Å². The zero-order valence-corrected chi connectivity index (χ0v) is 17.0. The fourth-order valence-electron chi connectivity index (χ4n) is 4.27. The van der Waals surface area contributed by atoms with Crippen LogP contribution in [0, 0.1) is 0 Å². The Kier molecular flexibility index (Phi) is 4.94. The van der Waals surface area contributed by atoms with E-state index in [1.807, 2.05) is 17.1 Å². The Morgan fingerprint density at radius 3 is 2.14 bits per heavy atom. The Balaban J connectivity index is 1.36. The minimum absolute atomic E-state index is 1.07. The molecule has 0 amide bonds. The van der Waals surface area contributed by atoms with Gasteiger partial charge in [0.2, 0.25) is 0 Å². The van der Waals surface area contributed by atoms with Crippen molar-refractivity contribution in [3.63, 3.8) is 0 Å². The van der Waals surface area contributed by atoms with Gasteiger partial charge in [0.1, 0.15) is 5.82 Å². The van der Waals surface area contributed by atoms with Gasteiger partial charge < -0.3 is 14.7 Å². The molecule has 2 aromatic heterocycles. The van der Waals surface area contributed by atoms with Gasteiger partial charge in [0.05, 0.1) is 17.6 Å². The Morgan fingerprint density at radius 1 is 0.724 bits per heavy atom. The third kappa shape index (κ3) is 3.72. The standard InChI is InChI=1S/C23H28N6/c1-26-14-16-27(17-15-26)20-5-7-21(8-6-20)29-22(10-11-25-29)19-4-9-23(24-18-19)28-12-2-3-13-28/h4-11,18H,2-3,12-17H2,1H3. The van der Waals surface area contributed by atoms with Crippen molar-refractivity contribution in [3.05, 3.63) is 54.9 Å². The molecule has 2 fully saturated rings. The number of rotatable bonds is 4. The van der Waals surface area contributed by atoms with Gasteiger partial charge in [-0.25, -0.2) is 9.67 Å². The molecule has 0 radical (unpaired) electrons. The molecule has 29 heavy (non-hydrogen) atoms. The zero-order chi connectivity index (χ0) is 19.6. The molecule has 0 atom stereocenters. The maximum atomic E-state index is 4.71. The van der Waals surface area contributed by atoms with Gasteiger partial charge in [-0.2, -0.15) is 5.10 Å². The van der Waals surface area contributed by atoms with E-state index < -0.39 is 0 Å². The Labute approximate surface area is 172 Å². The largest absolute Gasteiger partial charge is 0.369 e. The Hall–Kier alpha value is -2.86. The lowest BCUT2D eigenvalue weighted by Crippen LogP contribution is -2.44. The first-order valence-corrected chi connectivity index (χ1v) is 10.6. The minimum Gasteiger partial charge on any atom is -0.369 e. The van der Waals surface area contributed by atoms with Crippen molar-refractivity contribution in [1.82, 2.24) is 19.7 Å². The predicted octanol–water partition coefficient (Wildman–Crippen LogP) is 3.29. The van der Waals surface area contributed by atoms with Crippen molar-refractivity contribution in [2.75, 3.05) is 56.1 Å². The summed E-state index contributed by atoms with van der Waals surface area (Å²) < 4.78 is 2.00. The van der Waals surface area contributed by atoms with Crippen LogP contribution in [0.15, 0.2) is 54.9 Å². The van der Waals surface area contributed by atoms with Gasteiger partial charge in [-0.15, -0.1) is 0 Å². The predicted molar refractivity (Wildman–Crippen MR) is 118 cm³/mol. The average molecular weight is 389 g/mol. The molecule has 0 bridgehead atoms. The van der Waals surface area contributed by atoms with Crippen LogP contribution in [0.4, 0.5) is 11.5 Å². The normalized spacial score (nSPS) is 17.8. The van der Waals surface area contributed by atoms with Crippen molar-refractivity contribution >= 4 is 11.5 Å². The van der Waals surface area contributed by atoms with E-state index in [0.717, 1.165) is 62.0 Å². The highest BCUT2D eigenvalue weighted by atomic mass is 15.3. The quantitative estimate of drug-likeness (QED) is 0.686. The van der Waals surface area contributed by atoms with Gasteiger partial charge in [-0.05, 0) is 62.4 Å². The van der Waals surface area contributed by atoms with Crippen molar-refractivity contribution in [3.8, 4) is 16.9 Å². The number of benzene rings is 1. The SMILES string of the molecule is CN1CCN(c2ccc(-n3nccc3-c3ccc(N4CCCC4)nc3)cc2)CC1. The van der Waals surface area contributed by atoms with Gasteiger partial charge in [-0.3, -0.25) is 0 Å². The number of hydrogen-bond acceptors (Lipinski definition) is 5. The van der Waals surface area contributed by atoms with Crippen LogP contribution in [0.25, 0.3) is 16.9 Å². The zero-order valence-electron chi connectivity index (χ0n) is 17.0. The average Bonchev–Trinajstić information content (AvgIpc) is 3.47. The first kappa shape index (κ1) is 18.2. The molecule has 3 aromatic rings. The number of hydrogen-bond donors (Lipinski definition) is 0. The highest BCUT2D eigenvalue weighted by Crippen LogP contribution is 2.26. The molecule has 0 aliphatic carbocycles. The molecule has 0 N–H and O–H groups in total. The van der Waals surface area contributed by atoms with E-state index in [9.17, 15) is 0 Å².